The molecule has 2 aliphatic rings. The number of piperidine rings is 2. The van der Waals surface area contributed by atoms with E-state index in [1.807, 2.05) is 24.3 Å². The lowest BCUT2D eigenvalue weighted by molar-refractivity contribution is 0.0939. The highest BCUT2D eigenvalue weighted by molar-refractivity contribution is 7.89. The molecule has 0 atom stereocenters. The van der Waals surface area contributed by atoms with Gasteiger partial charge in [-0.15, -0.1) is 0 Å². The molecule has 6 aromatic rings. The third-order valence-corrected chi connectivity index (χ3v) is 15.7. The molecular weight excluding hydrogens is 971 g/mol. The van der Waals surface area contributed by atoms with Gasteiger partial charge in [0.25, 0.3) is 31.9 Å². The van der Waals surface area contributed by atoms with Crippen molar-refractivity contribution in [2.75, 3.05) is 36.8 Å². The number of nitrogens with one attached hydrogen (secondary N) is 4. The highest BCUT2D eigenvalue weighted by Gasteiger charge is 2.33. The quantitative estimate of drug-likeness (QED) is 0.0728. The molecule has 0 aliphatic carbocycles. The molecule has 2 saturated heterocycles. The van der Waals surface area contributed by atoms with Crippen LogP contribution >= 0.6 is 34.8 Å². The van der Waals surface area contributed by atoms with Gasteiger partial charge in [-0.05, 0) is 141 Å². The molecule has 0 spiro atoms. The number of amides is 2. The minimum Gasteiger partial charge on any atom is -0.446 e. The van der Waals surface area contributed by atoms with Gasteiger partial charge in [-0.1, -0.05) is 66.3 Å². The van der Waals surface area contributed by atoms with Gasteiger partial charge in [0.05, 0.1) is 13.1 Å². The van der Waals surface area contributed by atoms with Gasteiger partial charge in [-0.3, -0.25) is 9.59 Å². The molecule has 0 radical (unpaired) electrons. The fourth-order valence-electron chi connectivity index (χ4n) is 7.82. The van der Waals surface area contributed by atoms with Crippen molar-refractivity contribution < 1.29 is 35.3 Å². The number of hydrogen-bond donors (Lipinski definition) is 4. The molecule has 2 fully saturated rings. The van der Waals surface area contributed by atoms with Gasteiger partial charge in [0, 0.05) is 75.8 Å². The molecule has 2 amide bonds. The molecule has 2 aromatic heterocycles. The first-order chi connectivity index (χ1) is 32.7. The fraction of sp³-hybridized carbons (Fsp3) is 0.306. The molecule has 0 bridgehead atoms. The Hall–Kier alpha value is -5.33. The van der Waals surface area contributed by atoms with E-state index in [9.17, 15) is 26.4 Å². The van der Waals surface area contributed by atoms with E-state index < -0.39 is 20.0 Å². The number of aryl methyl sites for hydroxylation is 1. The first-order valence-electron chi connectivity index (χ1n) is 22.3. The highest BCUT2D eigenvalue weighted by atomic mass is 35.5. The van der Waals surface area contributed by atoms with E-state index in [2.05, 4.69) is 52.5 Å². The van der Waals surface area contributed by atoms with Crippen LogP contribution in [0.1, 0.15) is 76.8 Å². The summed E-state index contributed by atoms with van der Waals surface area (Å²) in [7, 11) is -7.48. The largest absolute Gasteiger partial charge is 0.446 e. The van der Waals surface area contributed by atoms with Crippen LogP contribution in [0.5, 0.6) is 0 Å². The molecule has 14 nitrogen and oxygen atoms in total. The molecular formula is C49H53Cl3N6O8S2. The number of rotatable bonds is 16. The monoisotopic (exact) mass is 1020 g/mol. The average molecular weight is 1020 g/mol. The van der Waals surface area contributed by atoms with Crippen molar-refractivity contribution in [3.63, 3.8) is 0 Å². The molecule has 8 rings (SSSR count). The summed E-state index contributed by atoms with van der Waals surface area (Å²) in [4.78, 5) is 24.5. The second-order valence-corrected chi connectivity index (χ2v) is 21.5. The number of nitrogens with zero attached hydrogens (tertiary/aromatic N) is 2. The van der Waals surface area contributed by atoms with Crippen molar-refractivity contribution >= 4 is 78.0 Å². The summed E-state index contributed by atoms with van der Waals surface area (Å²) < 4.78 is 66.2. The van der Waals surface area contributed by atoms with Gasteiger partial charge < -0.3 is 30.1 Å². The zero-order valence-electron chi connectivity index (χ0n) is 37.3. The molecule has 0 saturated carbocycles. The summed E-state index contributed by atoms with van der Waals surface area (Å²) in [6.07, 6.45) is 4.89. The number of anilines is 2. The Morgan fingerprint density at radius 3 is 1.41 bits per heavy atom. The minimum atomic E-state index is -3.75. The Kier molecular flexibility index (Phi) is 17.3. The fourth-order valence-corrected chi connectivity index (χ4v) is 11.1. The number of halogens is 3. The summed E-state index contributed by atoms with van der Waals surface area (Å²) in [6.45, 7) is 3.90. The van der Waals surface area contributed by atoms with Crippen LogP contribution in [0.2, 0.25) is 15.1 Å². The summed E-state index contributed by atoms with van der Waals surface area (Å²) in [5.74, 6) is 0.127. The minimum absolute atomic E-state index is 0.0720. The summed E-state index contributed by atoms with van der Waals surface area (Å²) in [5.41, 5.74) is 4.21. The molecule has 4 heterocycles. The molecule has 4 N–H and O–H groups in total. The van der Waals surface area contributed by atoms with Crippen molar-refractivity contribution in [3.05, 3.63) is 165 Å². The first kappa shape index (κ1) is 50.5. The van der Waals surface area contributed by atoms with Crippen LogP contribution in [-0.4, -0.2) is 75.5 Å². The maximum absolute atomic E-state index is 13.1. The second kappa shape index (κ2) is 23.3. The lowest BCUT2D eigenvalue weighted by Crippen LogP contribution is -2.42. The van der Waals surface area contributed by atoms with E-state index >= 15 is 0 Å². The number of carbonyl (C=O) groups is 2. The maximum Gasteiger partial charge on any atom is 0.276 e. The average Bonchev–Trinajstić information content (AvgIpc) is 4.03. The van der Waals surface area contributed by atoms with Crippen LogP contribution in [0.4, 0.5) is 11.4 Å². The number of carbonyl (C=O) groups excluding carboxylic acids is 2. The van der Waals surface area contributed by atoms with E-state index in [1.165, 1.54) is 26.3 Å². The van der Waals surface area contributed by atoms with Gasteiger partial charge in [-0.2, -0.15) is 8.61 Å². The van der Waals surface area contributed by atoms with Crippen molar-refractivity contribution in [3.8, 4) is 0 Å². The Bertz CT molecular complexity index is 2860. The topological polar surface area (TPSA) is 183 Å². The molecule has 19 heteroatoms. The first-order valence-corrected chi connectivity index (χ1v) is 26.3. The number of benzene rings is 4. The van der Waals surface area contributed by atoms with Crippen LogP contribution < -0.4 is 21.3 Å². The van der Waals surface area contributed by atoms with Crippen molar-refractivity contribution in [2.45, 2.75) is 80.8 Å². The summed E-state index contributed by atoms with van der Waals surface area (Å²) in [5, 5.41) is 13.9. The van der Waals surface area contributed by atoms with E-state index in [0.29, 0.717) is 89.6 Å². The van der Waals surface area contributed by atoms with E-state index in [1.54, 1.807) is 60.7 Å². The van der Waals surface area contributed by atoms with E-state index in [4.69, 9.17) is 43.6 Å². The van der Waals surface area contributed by atoms with Gasteiger partial charge in [0.2, 0.25) is 10.2 Å². The Balaban J connectivity index is 0.000000202. The molecule has 4 aromatic carbocycles. The highest BCUT2D eigenvalue weighted by Crippen LogP contribution is 2.27. The van der Waals surface area contributed by atoms with Crippen LogP contribution in [-0.2, 0) is 39.6 Å². The smallest absolute Gasteiger partial charge is 0.276 e. The van der Waals surface area contributed by atoms with Crippen molar-refractivity contribution in [1.29, 1.82) is 0 Å². The lowest BCUT2D eigenvalue weighted by atomic mass is 10.1. The van der Waals surface area contributed by atoms with E-state index in [0.717, 1.165) is 24.2 Å². The SMILES string of the molecule is CCCc1cccc(NC2CCN(S(=O)(=O)c3ccc(CNC(=O)c4ccc(Cl)cc4)o3)CC2)c1.O=C(NCc1ccc(S(=O)(=O)N2CCC(Nc3cccc(Cl)c3)CC2)o1)c1ccc(Cl)cc1. The zero-order chi connectivity index (χ0) is 48.3. The van der Waals surface area contributed by atoms with Crippen LogP contribution in [0.3, 0.4) is 0 Å². The summed E-state index contributed by atoms with van der Waals surface area (Å²) >= 11 is 17.7. The van der Waals surface area contributed by atoms with Crippen LogP contribution in [0, 0.1) is 0 Å². The third-order valence-electron chi connectivity index (χ3n) is 11.5. The molecule has 360 valence electrons. The van der Waals surface area contributed by atoms with Crippen molar-refractivity contribution in [2.24, 2.45) is 0 Å². The van der Waals surface area contributed by atoms with Gasteiger partial charge in [0.1, 0.15) is 11.5 Å². The number of furan rings is 2. The molecule has 2 aliphatic heterocycles. The Labute approximate surface area is 412 Å². The lowest BCUT2D eigenvalue weighted by Gasteiger charge is -2.31. The Morgan fingerprint density at radius 1 is 0.559 bits per heavy atom. The van der Waals surface area contributed by atoms with E-state index in [-0.39, 0.29) is 47.2 Å². The van der Waals surface area contributed by atoms with Crippen LogP contribution in [0.15, 0.2) is 140 Å². The number of sulfonamides is 2. The normalized spacial score (nSPS) is 15.2. The van der Waals surface area contributed by atoms with Gasteiger partial charge in [0.15, 0.2) is 0 Å². The summed E-state index contributed by atoms with van der Waals surface area (Å²) in [6, 6.07) is 35.2. The third kappa shape index (κ3) is 13.7. The maximum atomic E-state index is 13.1. The van der Waals surface area contributed by atoms with Gasteiger partial charge >= 0.3 is 0 Å². The zero-order valence-corrected chi connectivity index (χ0v) is 41.2. The molecule has 68 heavy (non-hydrogen) atoms. The standard InChI is InChI=1S/C26H30ClN3O4S.C23H23Cl2N3O4S/c1-2-4-19-5-3-6-23(17-19)29-22-13-15-30(16-14-22)35(32,33)25-12-11-24(34-25)18-28-26(31)20-7-9-21(27)10-8-20;24-17-6-4-16(5-7-17)23(29)26-15-21-8-9-22(32-21)33(30,31)28-12-10-19(11-13-28)27-20-3-1-2-18(25)14-20/h3,5-12,17,22,29H,2,4,13-16,18H2,1H3,(H,28,31);1-9,14,19,27H,10-13,15H2,(H,26,29). The number of hydrogen-bond acceptors (Lipinski definition) is 10. The molecule has 0 unspecified atom stereocenters. The Morgan fingerprint density at radius 2 is 0.985 bits per heavy atom. The van der Waals surface area contributed by atoms with Crippen LogP contribution in [0.25, 0.3) is 0 Å². The predicted molar refractivity (Wildman–Crippen MR) is 265 cm³/mol. The predicted octanol–water partition coefficient (Wildman–Crippen LogP) is 9.86. The second-order valence-electron chi connectivity index (χ2n) is 16.4. The van der Waals surface area contributed by atoms with Gasteiger partial charge in [-0.25, -0.2) is 16.8 Å². The van der Waals surface area contributed by atoms with Crippen molar-refractivity contribution in [1.82, 2.24) is 19.2 Å².